The standard InChI is InChI=1S/C11H12F5NOS/c1-8(18)7-17-5-4-9-6-10(2-3-11(9)17)19(12,13,14,15)16/h2-6,8,18H,7H2,1H3/t8-/m0/s1. The molecule has 2 rings (SSSR count). The van der Waals surface area contributed by atoms with Gasteiger partial charge in [0.25, 0.3) is 0 Å². The van der Waals surface area contributed by atoms with Crippen molar-refractivity contribution < 1.29 is 24.5 Å². The van der Waals surface area contributed by atoms with Crippen molar-refractivity contribution in [2.24, 2.45) is 0 Å². The molecule has 0 fully saturated rings. The second kappa shape index (κ2) is 3.43. The minimum atomic E-state index is -9.64. The Hall–Kier alpha value is -1.28. The number of fused-ring (bicyclic) bond motifs is 1. The minimum absolute atomic E-state index is 0.0615. The van der Waals surface area contributed by atoms with Crippen LogP contribution in [0, 0.1) is 0 Å². The van der Waals surface area contributed by atoms with Crippen LogP contribution in [0.1, 0.15) is 6.92 Å². The zero-order chi connectivity index (χ0) is 14.5. The fraction of sp³-hybridized carbons (Fsp3) is 0.273. The number of hydrogen-bond acceptors (Lipinski definition) is 1. The van der Waals surface area contributed by atoms with Crippen molar-refractivity contribution in [1.29, 1.82) is 0 Å². The van der Waals surface area contributed by atoms with Crippen molar-refractivity contribution in [1.82, 2.24) is 4.57 Å². The third-order valence-electron chi connectivity index (χ3n) is 2.65. The topological polar surface area (TPSA) is 25.2 Å². The van der Waals surface area contributed by atoms with Gasteiger partial charge in [-0.15, -0.1) is 0 Å². The highest BCUT2D eigenvalue weighted by atomic mass is 32.5. The van der Waals surface area contributed by atoms with E-state index in [2.05, 4.69) is 0 Å². The van der Waals surface area contributed by atoms with Gasteiger partial charge in [0.05, 0.1) is 6.10 Å². The molecule has 1 N–H and O–H groups in total. The first-order valence-electron chi connectivity index (χ1n) is 5.38. The van der Waals surface area contributed by atoms with E-state index in [9.17, 15) is 24.5 Å². The second-order valence-electron chi connectivity index (χ2n) is 4.51. The van der Waals surface area contributed by atoms with Gasteiger partial charge in [-0.05, 0) is 31.2 Å². The molecule has 0 unspecified atom stereocenters. The Morgan fingerprint density at radius 3 is 2.32 bits per heavy atom. The Labute approximate surface area is 106 Å². The number of aliphatic hydroxyl groups excluding tert-OH is 1. The Bertz CT molecular complexity index is 631. The largest absolute Gasteiger partial charge is 0.392 e. The molecule has 0 saturated heterocycles. The van der Waals surface area contributed by atoms with E-state index in [1.54, 1.807) is 0 Å². The van der Waals surface area contributed by atoms with Crippen LogP contribution >= 0.6 is 10.2 Å². The zero-order valence-electron chi connectivity index (χ0n) is 9.86. The minimum Gasteiger partial charge on any atom is -0.392 e. The smallest absolute Gasteiger partial charge is 0.310 e. The molecule has 1 aromatic heterocycles. The summed E-state index contributed by atoms with van der Waals surface area (Å²) in [7, 11) is -9.64. The van der Waals surface area contributed by atoms with Crippen LogP contribution in [0.15, 0.2) is 35.4 Å². The molecule has 19 heavy (non-hydrogen) atoms. The maximum atomic E-state index is 12.6. The average Bonchev–Trinajstić information content (AvgIpc) is 2.57. The number of benzene rings is 1. The molecule has 0 spiro atoms. The van der Waals surface area contributed by atoms with Gasteiger partial charge in [-0.1, -0.05) is 19.4 Å². The molecule has 0 radical (unpaired) electrons. The highest BCUT2D eigenvalue weighted by Crippen LogP contribution is 3.02. The van der Waals surface area contributed by atoms with E-state index in [0.29, 0.717) is 17.6 Å². The molecule has 1 atom stereocenters. The van der Waals surface area contributed by atoms with Gasteiger partial charge in [0.1, 0.15) is 4.90 Å². The molecule has 108 valence electrons. The third kappa shape index (κ3) is 3.01. The van der Waals surface area contributed by atoms with Crippen LogP contribution in [0.25, 0.3) is 10.9 Å². The lowest BCUT2D eigenvalue weighted by atomic mass is 10.2. The Morgan fingerprint density at radius 1 is 1.16 bits per heavy atom. The molecule has 0 amide bonds. The molecule has 8 heteroatoms. The van der Waals surface area contributed by atoms with Crippen molar-refractivity contribution in [3.8, 4) is 0 Å². The number of rotatable bonds is 3. The van der Waals surface area contributed by atoms with Crippen molar-refractivity contribution in [2.45, 2.75) is 24.5 Å². The summed E-state index contributed by atoms with van der Waals surface area (Å²) in [6.45, 7) is 1.70. The number of aromatic nitrogens is 1. The molecule has 0 bridgehead atoms. The van der Waals surface area contributed by atoms with Crippen LogP contribution < -0.4 is 0 Å². The SMILES string of the molecule is C[C@H](O)Cn1ccc2cc(S(F)(F)(F)(F)F)ccc21. The highest BCUT2D eigenvalue weighted by Gasteiger charge is 2.65. The molecular formula is C11H12F5NOS. The lowest BCUT2D eigenvalue weighted by Crippen LogP contribution is -2.10. The predicted molar refractivity (Wildman–Crippen MR) is 65.0 cm³/mol. The van der Waals surface area contributed by atoms with Crippen LogP contribution in [-0.2, 0) is 6.54 Å². The molecule has 0 aliphatic heterocycles. The van der Waals surface area contributed by atoms with Gasteiger partial charge in [-0.25, -0.2) is 0 Å². The molecule has 2 aromatic rings. The molecule has 1 aromatic carbocycles. The van der Waals surface area contributed by atoms with E-state index in [1.807, 2.05) is 0 Å². The first kappa shape index (κ1) is 14.1. The summed E-state index contributed by atoms with van der Waals surface area (Å²) in [6, 6.07) is 3.12. The lowest BCUT2D eigenvalue weighted by Gasteiger charge is -2.40. The third-order valence-corrected chi connectivity index (χ3v) is 3.79. The molecule has 0 aliphatic carbocycles. The van der Waals surface area contributed by atoms with Crippen LogP contribution in [-0.4, -0.2) is 15.8 Å². The molecule has 2 nitrogen and oxygen atoms in total. The summed E-state index contributed by atoms with van der Waals surface area (Å²) >= 11 is 0. The first-order valence-corrected chi connectivity index (χ1v) is 7.33. The zero-order valence-corrected chi connectivity index (χ0v) is 10.7. The number of hydrogen-bond donors (Lipinski definition) is 1. The summed E-state index contributed by atoms with van der Waals surface area (Å²) in [5.41, 5.74) is 0.367. The predicted octanol–water partition coefficient (Wildman–Crippen LogP) is 4.68. The van der Waals surface area contributed by atoms with E-state index in [0.717, 1.165) is 6.07 Å². The Kier molecular flexibility index (Phi) is 2.55. The van der Waals surface area contributed by atoms with E-state index in [4.69, 9.17) is 0 Å². The number of halogens is 5. The van der Waals surface area contributed by atoms with E-state index in [-0.39, 0.29) is 11.9 Å². The van der Waals surface area contributed by atoms with Crippen LogP contribution in [0.2, 0.25) is 0 Å². The summed E-state index contributed by atoms with van der Waals surface area (Å²) < 4.78 is 64.7. The maximum Gasteiger partial charge on any atom is 0.310 e. The fourth-order valence-corrected chi connectivity index (χ4v) is 2.54. The molecule has 0 saturated carbocycles. The van der Waals surface area contributed by atoms with Crippen molar-refractivity contribution in [2.75, 3.05) is 0 Å². The van der Waals surface area contributed by atoms with Gasteiger partial charge >= 0.3 is 10.2 Å². The Balaban J connectivity index is 2.57. The van der Waals surface area contributed by atoms with E-state index in [1.165, 1.54) is 23.8 Å². The molecule has 0 aliphatic rings. The van der Waals surface area contributed by atoms with Gasteiger partial charge in [-0.2, -0.15) is 0 Å². The quantitative estimate of drug-likeness (QED) is 0.818. The lowest BCUT2D eigenvalue weighted by molar-refractivity contribution is 0.175. The van der Waals surface area contributed by atoms with Gasteiger partial charge in [-0.3, -0.25) is 0 Å². The van der Waals surface area contributed by atoms with Gasteiger partial charge in [0.15, 0.2) is 0 Å². The second-order valence-corrected chi connectivity index (χ2v) is 6.92. The number of nitrogens with zero attached hydrogens (tertiary/aromatic N) is 1. The van der Waals surface area contributed by atoms with E-state index < -0.39 is 21.2 Å². The normalized spacial score (nSPS) is 18.1. The van der Waals surface area contributed by atoms with Gasteiger partial charge < -0.3 is 9.67 Å². The number of aliphatic hydroxyl groups is 1. The van der Waals surface area contributed by atoms with Crippen molar-refractivity contribution in [3.63, 3.8) is 0 Å². The Morgan fingerprint density at radius 2 is 1.79 bits per heavy atom. The summed E-state index contributed by atoms with van der Waals surface area (Å²) in [6.07, 6.45) is 0.762. The first-order chi connectivity index (χ1) is 8.36. The molecular weight excluding hydrogens is 289 g/mol. The van der Waals surface area contributed by atoms with Gasteiger partial charge in [0.2, 0.25) is 0 Å². The van der Waals surface area contributed by atoms with Gasteiger partial charge in [0, 0.05) is 23.6 Å². The highest BCUT2D eigenvalue weighted by molar-refractivity contribution is 8.45. The summed E-state index contributed by atoms with van der Waals surface area (Å²) in [5, 5.41) is 9.30. The fourth-order valence-electron chi connectivity index (χ4n) is 1.86. The van der Waals surface area contributed by atoms with Crippen LogP contribution in [0.3, 0.4) is 0 Å². The summed E-state index contributed by atoms with van der Waals surface area (Å²) in [4.78, 5) is -1.90. The monoisotopic (exact) mass is 301 g/mol. The van der Waals surface area contributed by atoms with Crippen LogP contribution in [0.5, 0.6) is 0 Å². The maximum absolute atomic E-state index is 12.6. The molecule has 1 heterocycles. The van der Waals surface area contributed by atoms with Crippen molar-refractivity contribution in [3.05, 3.63) is 30.5 Å². The summed E-state index contributed by atoms with van der Waals surface area (Å²) in [5.74, 6) is 0. The van der Waals surface area contributed by atoms with E-state index >= 15 is 0 Å². The van der Waals surface area contributed by atoms with Crippen LogP contribution in [0.4, 0.5) is 19.4 Å². The van der Waals surface area contributed by atoms with Crippen molar-refractivity contribution >= 4 is 21.1 Å². The average molecular weight is 301 g/mol.